The number of aryl methyl sites for hydroxylation is 1. The molecule has 0 N–H and O–H groups in total. The van der Waals surface area contributed by atoms with E-state index in [-0.39, 0.29) is 17.7 Å². The molecule has 1 saturated heterocycles. The van der Waals surface area contributed by atoms with Crippen molar-refractivity contribution in [1.82, 2.24) is 4.90 Å². The van der Waals surface area contributed by atoms with E-state index < -0.39 is 9.84 Å². The van der Waals surface area contributed by atoms with Crippen molar-refractivity contribution in [3.63, 3.8) is 0 Å². The standard InChI is InChI=1S/C21H25NO3S/c1-4-13-22-14-19(16-9-11-18(12-10-16)26(3,24)25)20(21(22)23)17-7-5-15(2)6-8-17/h5-12,19-20H,4,13-14H2,1-3H3. The van der Waals surface area contributed by atoms with E-state index in [9.17, 15) is 13.2 Å². The monoisotopic (exact) mass is 371 g/mol. The predicted molar refractivity (Wildman–Crippen MR) is 103 cm³/mol. The van der Waals surface area contributed by atoms with E-state index in [1.807, 2.05) is 48.2 Å². The molecule has 1 fully saturated rings. The van der Waals surface area contributed by atoms with Crippen molar-refractivity contribution in [2.45, 2.75) is 37.0 Å². The molecule has 0 aliphatic carbocycles. The molecule has 1 amide bonds. The smallest absolute Gasteiger partial charge is 0.230 e. The van der Waals surface area contributed by atoms with E-state index >= 15 is 0 Å². The lowest BCUT2D eigenvalue weighted by Crippen LogP contribution is -2.27. The van der Waals surface area contributed by atoms with Crippen molar-refractivity contribution < 1.29 is 13.2 Å². The first-order chi connectivity index (χ1) is 12.3. The summed E-state index contributed by atoms with van der Waals surface area (Å²) in [5.74, 6) is -0.0236. The molecular weight excluding hydrogens is 346 g/mol. The lowest BCUT2D eigenvalue weighted by atomic mass is 9.83. The molecular formula is C21H25NO3S. The average Bonchev–Trinajstić information content (AvgIpc) is 2.92. The number of benzene rings is 2. The highest BCUT2D eigenvalue weighted by atomic mass is 32.2. The Morgan fingerprint density at radius 2 is 1.58 bits per heavy atom. The predicted octanol–water partition coefficient (Wildman–Crippen LogP) is 3.52. The van der Waals surface area contributed by atoms with Gasteiger partial charge >= 0.3 is 0 Å². The maximum Gasteiger partial charge on any atom is 0.230 e. The van der Waals surface area contributed by atoms with E-state index in [0.29, 0.717) is 11.4 Å². The zero-order chi connectivity index (χ0) is 18.9. The molecule has 0 spiro atoms. The number of hydrogen-bond donors (Lipinski definition) is 0. The fourth-order valence-electron chi connectivity index (χ4n) is 3.68. The molecule has 2 aromatic carbocycles. The van der Waals surface area contributed by atoms with Crippen LogP contribution in [0.5, 0.6) is 0 Å². The molecule has 26 heavy (non-hydrogen) atoms. The second-order valence-electron chi connectivity index (χ2n) is 7.12. The van der Waals surface area contributed by atoms with Crippen molar-refractivity contribution in [2.24, 2.45) is 0 Å². The summed E-state index contributed by atoms with van der Waals surface area (Å²) in [6.07, 6.45) is 2.13. The molecule has 1 aliphatic heterocycles. The van der Waals surface area contributed by atoms with Crippen LogP contribution in [0.4, 0.5) is 0 Å². The van der Waals surface area contributed by atoms with E-state index in [0.717, 1.165) is 24.1 Å². The first kappa shape index (κ1) is 18.6. The first-order valence-corrected chi connectivity index (χ1v) is 10.9. The highest BCUT2D eigenvalue weighted by Gasteiger charge is 2.41. The minimum absolute atomic E-state index is 0.0327. The van der Waals surface area contributed by atoms with Gasteiger partial charge in [-0.05, 0) is 36.6 Å². The van der Waals surface area contributed by atoms with Gasteiger partial charge < -0.3 is 4.90 Å². The Bertz CT molecular complexity index is 886. The van der Waals surface area contributed by atoms with Crippen LogP contribution in [0, 0.1) is 6.92 Å². The van der Waals surface area contributed by atoms with Gasteiger partial charge in [0.05, 0.1) is 10.8 Å². The second-order valence-corrected chi connectivity index (χ2v) is 9.14. The number of sulfone groups is 1. The van der Waals surface area contributed by atoms with Crippen LogP contribution >= 0.6 is 0 Å². The topological polar surface area (TPSA) is 54.5 Å². The van der Waals surface area contributed by atoms with Gasteiger partial charge in [-0.2, -0.15) is 0 Å². The Morgan fingerprint density at radius 1 is 1.00 bits per heavy atom. The van der Waals surface area contributed by atoms with E-state index in [4.69, 9.17) is 0 Å². The van der Waals surface area contributed by atoms with Gasteiger partial charge in [0, 0.05) is 25.3 Å². The van der Waals surface area contributed by atoms with Crippen molar-refractivity contribution >= 4 is 15.7 Å². The summed E-state index contributed by atoms with van der Waals surface area (Å²) < 4.78 is 23.4. The van der Waals surface area contributed by atoms with Crippen molar-refractivity contribution in [3.05, 3.63) is 65.2 Å². The number of hydrogen-bond acceptors (Lipinski definition) is 3. The Labute approximate surface area is 155 Å². The number of carbonyl (C=O) groups excluding carboxylic acids is 1. The molecule has 1 aliphatic rings. The minimum Gasteiger partial charge on any atom is -0.342 e. The molecule has 2 unspecified atom stereocenters. The van der Waals surface area contributed by atoms with Gasteiger partial charge in [0.15, 0.2) is 9.84 Å². The SMILES string of the molecule is CCCN1CC(c2ccc(S(C)(=O)=O)cc2)C(c2ccc(C)cc2)C1=O. The van der Waals surface area contributed by atoms with E-state index in [1.54, 1.807) is 12.1 Å². The molecule has 2 aromatic rings. The molecule has 0 aromatic heterocycles. The van der Waals surface area contributed by atoms with Gasteiger partial charge in [-0.25, -0.2) is 8.42 Å². The fraction of sp³-hybridized carbons (Fsp3) is 0.381. The Kier molecular flexibility index (Phi) is 5.19. The first-order valence-electron chi connectivity index (χ1n) is 8.96. The second kappa shape index (κ2) is 7.23. The molecule has 0 radical (unpaired) electrons. The van der Waals surface area contributed by atoms with Crippen LogP contribution in [-0.2, 0) is 14.6 Å². The number of rotatable bonds is 5. The number of nitrogens with zero attached hydrogens (tertiary/aromatic N) is 1. The molecule has 3 rings (SSSR count). The fourth-order valence-corrected chi connectivity index (χ4v) is 4.31. The van der Waals surface area contributed by atoms with Crippen LogP contribution in [0.25, 0.3) is 0 Å². The van der Waals surface area contributed by atoms with Crippen molar-refractivity contribution in [2.75, 3.05) is 19.3 Å². The Hall–Kier alpha value is -2.14. The lowest BCUT2D eigenvalue weighted by molar-refractivity contribution is -0.129. The van der Waals surface area contributed by atoms with Crippen LogP contribution in [0.1, 0.15) is 41.9 Å². The molecule has 1 heterocycles. The third kappa shape index (κ3) is 3.68. The van der Waals surface area contributed by atoms with Crippen LogP contribution in [0.3, 0.4) is 0 Å². The van der Waals surface area contributed by atoms with Gasteiger partial charge in [-0.15, -0.1) is 0 Å². The number of amides is 1. The lowest BCUT2D eigenvalue weighted by Gasteiger charge is -2.18. The maximum atomic E-state index is 13.0. The van der Waals surface area contributed by atoms with Crippen LogP contribution < -0.4 is 0 Å². The summed E-state index contributed by atoms with van der Waals surface area (Å²) in [7, 11) is -3.22. The summed E-state index contributed by atoms with van der Waals surface area (Å²) in [4.78, 5) is 15.3. The quantitative estimate of drug-likeness (QED) is 0.808. The zero-order valence-corrected chi connectivity index (χ0v) is 16.3. The van der Waals surface area contributed by atoms with E-state index in [1.165, 1.54) is 11.8 Å². The van der Waals surface area contributed by atoms with Gasteiger partial charge in [0.25, 0.3) is 0 Å². The maximum absolute atomic E-state index is 13.0. The van der Waals surface area contributed by atoms with Crippen molar-refractivity contribution in [3.8, 4) is 0 Å². The minimum atomic E-state index is -3.22. The zero-order valence-electron chi connectivity index (χ0n) is 15.5. The summed E-state index contributed by atoms with van der Waals surface area (Å²) in [6, 6.07) is 15.1. The largest absolute Gasteiger partial charge is 0.342 e. The summed E-state index contributed by atoms with van der Waals surface area (Å²) in [5.41, 5.74) is 3.20. The van der Waals surface area contributed by atoms with E-state index in [2.05, 4.69) is 6.92 Å². The highest BCUT2D eigenvalue weighted by Crippen LogP contribution is 2.41. The molecule has 2 atom stereocenters. The molecule has 0 bridgehead atoms. The Balaban J connectivity index is 1.99. The highest BCUT2D eigenvalue weighted by molar-refractivity contribution is 7.90. The van der Waals surface area contributed by atoms with Crippen molar-refractivity contribution in [1.29, 1.82) is 0 Å². The molecule has 138 valence electrons. The Morgan fingerprint density at radius 3 is 2.12 bits per heavy atom. The molecule has 4 nitrogen and oxygen atoms in total. The third-order valence-electron chi connectivity index (χ3n) is 5.06. The van der Waals surface area contributed by atoms with Gasteiger partial charge in [0.2, 0.25) is 5.91 Å². The summed E-state index contributed by atoms with van der Waals surface area (Å²) >= 11 is 0. The molecule has 0 saturated carbocycles. The van der Waals surface area contributed by atoms with Gasteiger partial charge in [0.1, 0.15) is 0 Å². The third-order valence-corrected chi connectivity index (χ3v) is 6.19. The molecule has 5 heteroatoms. The van der Waals surface area contributed by atoms with Crippen LogP contribution in [0.2, 0.25) is 0 Å². The van der Waals surface area contributed by atoms with Crippen LogP contribution in [0.15, 0.2) is 53.4 Å². The average molecular weight is 372 g/mol. The number of likely N-dealkylation sites (tertiary alicyclic amines) is 1. The van der Waals surface area contributed by atoms with Crippen LogP contribution in [-0.4, -0.2) is 38.6 Å². The summed E-state index contributed by atoms with van der Waals surface area (Å²) in [6.45, 7) is 5.52. The number of carbonyl (C=O) groups is 1. The van der Waals surface area contributed by atoms with Gasteiger partial charge in [-0.1, -0.05) is 48.9 Å². The van der Waals surface area contributed by atoms with Gasteiger partial charge in [-0.3, -0.25) is 4.79 Å². The normalized spacial score (nSPS) is 20.6. The summed E-state index contributed by atoms with van der Waals surface area (Å²) in [5, 5.41) is 0.